The van der Waals surface area contributed by atoms with E-state index in [0.717, 1.165) is 17.7 Å². The lowest BCUT2D eigenvalue weighted by Crippen LogP contribution is -2.37. The van der Waals surface area contributed by atoms with E-state index in [-0.39, 0.29) is 11.8 Å². The molecule has 3 heterocycles. The molecular weight excluding hydrogens is 306 g/mol. The third kappa shape index (κ3) is 3.32. The van der Waals surface area contributed by atoms with Crippen LogP contribution in [0.25, 0.3) is 0 Å². The molecule has 0 aromatic carbocycles. The quantitative estimate of drug-likeness (QED) is 0.849. The van der Waals surface area contributed by atoms with Gasteiger partial charge in [0.2, 0.25) is 0 Å². The lowest BCUT2D eigenvalue weighted by Gasteiger charge is -2.22. The highest BCUT2D eigenvalue weighted by atomic mass is 16.3. The summed E-state index contributed by atoms with van der Waals surface area (Å²) in [6, 6.07) is 5.24. The molecule has 0 unspecified atom stereocenters. The molecule has 0 aliphatic carbocycles. The van der Waals surface area contributed by atoms with Crippen molar-refractivity contribution in [1.29, 1.82) is 0 Å². The Morgan fingerprint density at radius 1 is 1.08 bits per heavy atom. The van der Waals surface area contributed by atoms with Crippen LogP contribution in [0.5, 0.6) is 0 Å². The molecule has 0 N–H and O–H groups in total. The maximum absolute atomic E-state index is 12.7. The van der Waals surface area contributed by atoms with Gasteiger partial charge in [0.1, 0.15) is 0 Å². The second-order valence-electron chi connectivity index (χ2n) is 6.04. The first kappa shape index (κ1) is 16.2. The van der Waals surface area contributed by atoms with Gasteiger partial charge in [-0.05, 0) is 44.0 Å². The van der Waals surface area contributed by atoms with Crippen molar-refractivity contribution in [3.05, 3.63) is 53.2 Å². The first-order chi connectivity index (χ1) is 11.6. The van der Waals surface area contributed by atoms with Crippen molar-refractivity contribution < 1.29 is 14.0 Å². The molecule has 2 aromatic heterocycles. The summed E-state index contributed by atoms with van der Waals surface area (Å²) in [5.41, 5.74) is 2.53. The van der Waals surface area contributed by atoms with Crippen molar-refractivity contribution in [3.63, 3.8) is 0 Å². The molecule has 3 rings (SSSR count). The van der Waals surface area contributed by atoms with Crippen LogP contribution in [-0.4, -0.2) is 52.8 Å². The highest BCUT2D eigenvalue weighted by Crippen LogP contribution is 2.13. The Morgan fingerprint density at radius 2 is 1.79 bits per heavy atom. The molecule has 126 valence electrons. The van der Waals surface area contributed by atoms with Crippen LogP contribution in [-0.2, 0) is 0 Å². The van der Waals surface area contributed by atoms with Gasteiger partial charge in [0.15, 0.2) is 5.76 Å². The zero-order valence-electron chi connectivity index (χ0n) is 14.0. The van der Waals surface area contributed by atoms with E-state index in [2.05, 4.69) is 4.98 Å². The first-order valence-corrected chi connectivity index (χ1v) is 8.11. The summed E-state index contributed by atoms with van der Waals surface area (Å²) in [5, 5.41) is 0. The first-order valence-electron chi connectivity index (χ1n) is 8.11. The smallest absolute Gasteiger partial charge is 0.289 e. The molecular formula is C18H21N3O3. The second kappa shape index (κ2) is 6.86. The van der Waals surface area contributed by atoms with E-state index < -0.39 is 0 Å². The molecule has 24 heavy (non-hydrogen) atoms. The molecule has 2 amide bonds. The number of carbonyl (C=O) groups is 2. The summed E-state index contributed by atoms with van der Waals surface area (Å²) >= 11 is 0. The fourth-order valence-electron chi connectivity index (χ4n) is 2.82. The Balaban J connectivity index is 1.67. The summed E-state index contributed by atoms with van der Waals surface area (Å²) in [5.74, 6) is 0.188. The van der Waals surface area contributed by atoms with Gasteiger partial charge in [0.25, 0.3) is 11.8 Å². The van der Waals surface area contributed by atoms with Crippen molar-refractivity contribution in [2.24, 2.45) is 0 Å². The zero-order chi connectivity index (χ0) is 17.1. The number of carbonyl (C=O) groups excluding carboxylic acids is 2. The normalized spacial score (nSPS) is 15.2. The van der Waals surface area contributed by atoms with E-state index in [1.807, 2.05) is 19.9 Å². The number of hydrogen-bond donors (Lipinski definition) is 0. The topological polar surface area (TPSA) is 66.7 Å². The number of pyridine rings is 1. The van der Waals surface area contributed by atoms with Crippen LogP contribution in [0.3, 0.4) is 0 Å². The van der Waals surface area contributed by atoms with Gasteiger partial charge in [0, 0.05) is 38.1 Å². The van der Waals surface area contributed by atoms with Crippen LogP contribution in [0.4, 0.5) is 0 Å². The summed E-state index contributed by atoms with van der Waals surface area (Å²) in [6.07, 6.45) is 3.87. The van der Waals surface area contributed by atoms with Gasteiger partial charge in [0.05, 0.1) is 11.8 Å². The molecule has 0 bridgehead atoms. The van der Waals surface area contributed by atoms with Crippen molar-refractivity contribution in [1.82, 2.24) is 14.8 Å². The lowest BCUT2D eigenvalue weighted by molar-refractivity contribution is 0.0700. The van der Waals surface area contributed by atoms with Gasteiger partial charge in [-0.1, -0.05) is 0 Å². The number of hydrogen-bond acceptors (Lipinski definition) is 4. The molecule has 1 aliphatic heterocycles. The summed E-state index contributed by atoms with van der Waals surface area (Å²) < 4.78 is 5.18. The second-order valence-corrected chi connectivity index (χ2v) is 6.04. The molecule has 1 aliphatic rings. The predicted molar refractivity (Wildman–Crippen MR) is 88.8 cm³/mol. The van der Waals surface area contributed by atoms with Crippen LogP contribution in [0.1, 0.15) is 38.6 Å². The summed E-state index contributed by atoms with van der Waals surface area (Å²) in [7, 11) is 0. The fraction of sp³-hybridized carbons (Fsp3) is 0.389. The van der Waals surface area contributed by atoms with Crippen molar-refractivity contribution >= 4 is 11.8 Å². The third-order valence-electron chi connectivity index (χ3n) is 4.39. The van der Waals surface area contributed by atoms with Crippen molar-refractivity contribution in [3.8, 4) is 0 Å². The molecule has 6 nitrogen and oxygen atoms in total. The SMILES string of the molecule is Cc1cc(C(=O)N2CCCN(C(=O)c3ccco3)CC2)cnc1C. The van der Waals surface area contributed by atoms with Crippen LogP contribution >= 0.6 is 0 Å². The molecule has 2 aromatic rings. The number of aryl methyl sites for hydroxylation is 2. The molecule has 6 heteroatoms. The van der Waals surface area contributed by atoms with Gasteiger partial charge < -0.3 is 14.2 Å². The largest absolute Gasteiger partial charge is 0.459 e. The van der Waals surface area contributed by atoms with E-state index in [1.165, 1.54) is 6.26 Å². The molecule has 0 saturated carbocycles. The number of amides is 2. The maximum Gasteiger partial charge on any atom is 0.289 e. The van der Waals surface area contributed by atoms with Crippen LogP contribution in [0.2, 0.25) is 0 Å². The van der Waals surface area contributed by atoms with E-state index in [4.69, 9.17) is 4.42 Å². The van der Waals surface area contributed by atoms with Gasteiger partial charge >= 0.3 is 0 Å². The summed E-state index contributed by atoms with van der Waals surface area (Å²) in [4.78, 5) is 32.9. The average molecular weight is 327 g/mol. The van der Waals surface area contributed by atoms with Gasteiger partial charge in [-0.3, -0.25) is 14.6 Å². The number of rotatable bonds is 2. The van der Waals surface area contributed by atoms with Crippen LogP contribution < -0.4 is 0 Å². The van der Waals surface area contributed by atoms with Gasteiger partial charge in [-0.15, -0.1) is 0 Å². The number of aromatic nitrogens is 1. The average Bonchev–Trinajstić information content (AvgIpc) is 3.00. The van der Waals surface area contributed by atoms with E-state index in [9.17, 15) is 9.59 Å². The number of furan rings is 1. The minimum Gasteiger partial charge on any atom is -0.459 e. The summed E-state index contributed by atoms with van der Waals surface area (Å²) in [6.45, 7) is 6.14. The standard InChI is InChI=1S/C18H21N3O3/c1-13-11-15(12-19-14(13)2)17(22)20-6-4-7-21(9-8-20)18(23)16-5-3-10-24-16/h3,5,10-12H,4,6-9H2,1-2H3. The fourth-order valence-corrected chi connectivity index (χ4v) is 2.82. The maximum atomic E-state index is 12.7. The van der Waals surface area contributed by atoms with Crippen molar-refractivity contribution in [2.75, 3.05) is 26.2 Å². The Labute approximate surface area is 141 Å². The zero-order valence-corrected chi connectivity index (χ0v) is 14.0. The predicted octanol–water partition coefficient (Wildman–Crippen LogP) is 2.28. The monoisotopic (exact) mass is 327 g/mol. The minimum atomic E-state index is -0.123. The number of nitrogens with zero attached hydrogens (tertiary/aromatic N) is 3. The Hall–Kier alpha value is -2.63. The molecule has 0 radical (unpaired) electrons. The van der Waals surface area contributed by atoms with E-state index >= 15 is 0 Å². The van der Waals surface area contributed by atoms with Gasteiger partial charge in [-0.2, -0.15) is 0 Å². The minimum absolute atomic E-state index is 0.0297. The highest BCUT2D eigenvalue weighted by molar-refractivity contribution is 5.94. The molecule has 1 saturated heterocycles. The Kier molecular flexibility index (Phi) is 4.64. The van der Waals surface area contributed by atoms with Crippen LogP contribution in [0.15, 0.2) is 35.1 Å². The Morgan fingerprint density at radius 3 is 2.42 bits per heavy atom. The third-order valence-corrected chi connectivity index (χ3v) is 4.39. The van der Waals surface area contributed by atoms with Gasteiger partial charge in [-0.25, -0.2) is 0 Å². The Bertz CT molecular complexity index is 740. The van der Waals surface area contributed by atoms with Crippen molar-refractivity contribution in [2.45, 2.75) is 20.3 Å². The van der Waals surface area contributed by atoms with E-state index in [1.54, 1.807) is 28.1 Å². The van der Waals surface area contributed by atoms with E-state index in [0.29, 0.717) is 37.5 Å². The highest BCUT2D eigenvalue weighted by Gasteiger charge is 2.24. The molecule has 0 spiro atoms. The van der Waals surface area contributed by atoms with Crippen LogP contribution in [0, 0.1) is 13.8 Å². The molecule has 0 atom stereocenters. The lowest BCUT2D eigenvalue weighted by atomic mass is 10.1. The molecule has 1 fully saturated rings.